The van der Waals surface area contributed by atoms with Crippen LogP contribution in [0.25, 0.3) is 0 Å². The van der Waals surface area contributed by atoms with E-state index >= 15 is 0 Å². The van der Waals surface area contributed by atoms with E-state index in [1.165, 1.54) is 167 Å². The van der Waals surface area contributed by atoms with Gasteiger partial charge < -0.3 is 14.2 Å². The lowest BCUT2D eigenvalue weighted by Crippen LogP contribution is -2.30. The topological polar surface area (TPSA) is 78.9 Å². The van der Waals surface area contributed by atoms with Crippen LogP contribution in [0.4, 0.5) is 0 Å². The number of allylic oxidation sites excluding steroid dienone is 8. The van der Waals surface area contributed by atoms with E-state index in [2.05, 4.69) is 69.4 Å². The van der Waals surface area contributed by atoms with Crippen molar-refractivity contribution in [3.8, 4) is 0 Å². The fraction of sp³-hybridized carbons (Fsp3) is 0.820. The summed E-state index contributed by atoms with van der Waals surface area (Å²) in [4.78, 5) is 38.1. The summed E-state index contributed by atoms with van der Waals surface area (Å²) in [7, 11) is 0. The number of hydrogen-bond acceptors (Lipinski definition) is 6. The first kappa shape index (κ1) is 64.4. The molecule has 390 valence electrons. The molecule has 0 aromatic heterocycles. The molecule has 0 aliphatic carbocycles. The molecule has 0 saturated heterocycles. The molecule has 0 heterocycles. The van der Waals surface area contributed by atoms with E-state index in [9.17, 15) is 14.4 Å². The van der Waals surface area contributed by atoms with E-state index in [1.54, 1.807) is 0 Å². The summed E-state index contributed by atoms with van der Waals surface area (Å²) in [6, 6.07) is 0. The molecule has 0 aromatic rings. The summed E-state index contributed by atoms with van der Waals surface area (Å²) in [5.41, 5.74) is 0. The second-order valence-corrected chi connectivity index (χ2v) is 19.6. The van der Waals surface area contributed by atoms with Gasteiger partial charge in [-0.15, -0.1) is 0 Å². The molecule has 0 aromatic carbocycles. The first-order chi connectivity index (χ1) is 33.0. The van der Waals surface area contributed by atoms with Crippen molar-refractivity contribution < 1.29 is 28.6 Å². The van der Waals surface area contributed by atoms with Gasteiger partial charge in [0.15, 0.2) is 6.10 Å². The molecule has 0 radical (unpaired) electrons. The first-order valence-corrected chi connectivity index (χ1v) is 29.1. The quantitative estimate of drug-likeness (QED) is 0.0262. The molecule has 0 aliphatic heterocycles. The maximum atomic E-state index is 12.8. The van der Waals surface area contributed by atoms with E-state index in [1.807, 2.05) is 0 Å². The van der Waals surface area contributed by atoms with Crippen molar-refractivity contribution in [2.75, 3.05) is 13.2 Å². The Labute approximate surface area is 416 Å². The Bertz CT molecular complexity index is 1170. The van der Waals surface area contributed by atoms with E-state index in [4.69, 9.17) is 14.2 Å². The lowest BCUT2D eigenvalue weighted by Gasteiger charge is -2.18. The smallest absolute Gasteiger partial charge is 0.306 e. The average molecular weight is 940 g/mol. The van der Waals surface area contributed by atoms with Gasteiger partial charge >= 0.3 is 17.9 Å². The second kappa shape index (κ2) is 56.0. The molecule has 6 heteroatoms. The molecule has 0 N–H and O–H groups in total. The van der Waals surface area contributed by atoms with Crippen LogP contribution >= 0.6 is 0 Å². The van der Waals surface area contributed by atoms with Gasteiger partial charge in [0, 0.05) is 19.3 Å². The molecule has 67 heavy (non-hydrogen) atoms. The van der Waals surface area contributed by atoms with E-state index in [-0.39, 0.29) is 31.1 Å². The molecule has 6 nitrogen and oxygen atoms in total. The fourth-order valence-electron chi connectivity index (χ4n) is 8.37. The monoisotopic (exact) mass is 939 g/mol. The maximum Gasteiger partial charge on any atom is 0.306 e. The van der Waals surface area contributed by atoms with Crippen LogP contribution in [0, 0.1) is 0 Å². The van der Waals surface area contributed by atoms with Crippen LogP contribution in [0.1, 0.15) is 303 Å². The Morgan fingerprint density at radius 3 is 0.925 bits per heavy atom. The summed E-state index contributed by atoms with van der Waals surface area (Å²) >= 11 is 0. The van der Waals surface area contributed by atoms with Gasteiger partial charge in [0.1, 0.15) is 13.2 Å². The highest BCUT2D eigenvalue weighted by Crippen LogP contribution is 2.17. The number of carbonyl (C=O) groups is 3. The number of rotatable bonds is 53. The Morgan fingerprint density at radius 1 is 0.299 bits per heavy atom. The van der Waals surface area contributed by atoms with Gasteiger partial charge in [-0.2, -0.15) is 0 Å². The molecular weight excluding hydrogens is 829 g/mol. The number of esters is 3. The summed E-state index contributed by atoms with van der Waals surface area (Å²) in [5.74, 6) is -0.900. The maximum absolute atomic E-state index is 12.8. The molecule has 0 rings (SSSR count). The molecule has 0 saturated carbocycles. The standard InChI is InChI=1S/C61H110O6/c1-4-7-10-13-16-19-22-24-26-28-29-30-31-33-35-37-40-42-45-48-51-54-60(63)66-57-58(67-61(64)55-52-49-46-43-38-21-18-15-12-9-6-3)56-65-59(62)53-50-47-44-41-39-36-34-32-27-25-23-20-17-14-11-8-5-2/h15,17-18,20,25,27,34,36,58H,4-14,16,19,21-24,26,28-33,35,37-57H2,1-3H3/b18-15-,20-17-,27-25-,36-34-/t58-/m1/s1. The molecule has 0 unspecified atom stereocenters. The van der Waals surface area contributed by atoms with Gasteiger partial charge in [-0.25, -0.2) is 0 Å². The normalized spacial score (nSPS) is 12.3. The third-order valence-electron chi connectivity index (χ3n) is 12.8. The molecule has 0 fully saturated rings. The average Bonchev–Trinajstić information content (AvgIpc) is 3.33. The first-order valence-electron chi connectivity index (χ1n) is 29.1. The van der Waals surface area contributed by atoms with Gasteiger partial charge in [0.25, 0.3) is 0 Å². The van der Waals surface area contributed by atoms with Crippen molar-refractivity contribution in [2.24, 2.45) is 0 Å². The predicted molar refractivity (Wildman–Crippen MR) is 289 cm³/mol. The highest BCUT2D eigenvalue weighted by molar-refractivity contribution is 5.71. The van der Waals surface area contributed by atoms with Gasteiger partial charge in [0.05, 0.1) is 0 Å². The molecule has 0 amide bonds. The van der Waals surface area contributed by atoms with Crippen LogP contribution in [0.5, 0.6) is 0 Å². The number of ether oxygens (including phenoxy) is 3. The Kier molecular flexibility index (Phi) is 53.8. The Balaban J connectivity index is 4.29. The van der Waals surface area contributed by atoms with Gasteiger partial charge in [-0.05, 0) is 77.0 Å². The minimum atomic E-state index is -0.784. The lowest BCUT2D eigenvalue weighted by molar-refractivity contribution is -0.167. The number of unbranched alkanes of at least 4 members (excludes halogenated alkanes) is 34. The van der Waals surface area contributed by atoms with E-state index in [0.29, 0.717) is 19.3 Å². The van der Waals surface area contributed by atoms with Crippen LogP contribution in [0.2, 0.25) is 0 Å². The summed E-state index contributed by atoms with van der Waals surface area (Å²) in [5, 5.41) is 0. The molecule has 0 aliphatic rings. The van der Waals surface area contributed by atoms with E-state index in [0.717, 1.165) is 96.3 Å². The van der Waals surface area contributed by atoms with Gasteiger partial charge in [0.2, 0.25) is 0 Å². The van der Waals surface area contributed by atoms with E-state index < -0.39 is 6.10 Å². The van der Waals surface area contributed by atoms with Crippen molar-refractivity contribution in [2.45, 2.75) is 309 Å². The van der Waals surface area contributed by atoms with Crippen LogP contribution < -0.4 is 0 Å². The minimum Gasteiger partial charge on any atom is -0.462 e. The lowest BCUT2D eigenvalue weighted by atomic mass is 10.0. The van der Waals surface area contributed by atoms with Gasteiger partial charge in [-0.3, -0.25) is 14.4 Å². The third-order valence-corrected chi connectivity index (χ3v) is 12.8. The van der Waals surface area contributed by atoms with Crippen molar-refractivity contribution in [3.63, 3.8) is 0 Å². The molecule has 0 bridgehead atoms. The van der Waals surface area contributed by atoms with Crippen molar-refractivity contribution >= 4 is 17.9 Å². The van der Waals surface area contributed by atoms with Gasteiger partial charge in [-0.1, -0.05) is 256 Å². The fourth-order valence-corrected chi connectivity index (χ4v) is 8.37. The predicted octanol–water partition coefficient (Wildman–Crippen LogP) is 19.4. The molecule has 0 spiro atoms. The largest absolute Gasteiger partial charge is 0.462 e. The third kappa shape index (κ3) is 54.2. The van der Waals surface area contributed by atoms with Crippen molar-refractivity contribution in [3.05, 3.63) is 48.6 Å². The summed E-state index contributed by atoms with van der Waals surface area (Å²) < 4.78 is 16.8. The zero-order valence-electron chi connectivity index (χ0n) is 44.7. The SMILES string of the molecule is CCCC/C=C\CCCCCCCC(=O)O[C@H](COC(=O)CCCCCC/C=C\C/C=C\C/C=C\CCCCC)COC(=O)CCCCCCCCCCCCCCCCCCCCCCC. The zero-order valence-corrected chi connectivity index (χ0v) is 44.7. The molecule has 1 atom stereocenters. The highest BCUT2D eigenvalue weighted by Gasteiger charge is 2.19. The van der Waals surface area contributed by atoms with Crippen LogP contribution in [0.3, 0.4) is 0 Å². The summed E-state index contributed by atoms with van der Waals surface area (Å²) in [6.07, 6.45) is 68.2. The van der Waals surface area contributed by atoms with Crippen molar-refractivity contribution in [1.82, 2.24) is 0 Å². The molecular formula is C61H110O6. The summed E-state index contributed by atoms with van der Waals surface area (Å²) in [6.45, 7) is 6.58. The van der Waals surface area contributed by atoms with Crippen LogP contribution in [0.15, 0.2) is 48.6 Å². The zero-order chi connectivity index (χ0) is 48.6. The highest BCUT2D eigenvalue weighted by atomic mass is 16.6. The van der Waals surface area contributed by atoms with Crippen LogP contribution in [-0.4, -0.2) is 37.2 Å². The van der Waals surface area contributed by atoms with Crippen molar-refractivity contribution in [1.29, 1.82) is 0 Å². The second-order valence-electron chi connectivity index (χ2n) is 19.6. The minimum absolute atomic E-state index is 0.0810. The Morgan fingerprint density at radius 2 is 0.552 bits per heavy atom. The number of carbonyl (C=O) groups excluding carboxylic acids is 3. The Hall–Kier alpha value is -2.63. The van der Waals surface area contributed by atoms with Crippen LogP contribution in [-0.2, 0) is 28.6 Å². The number of hydrogen-bond donors (Lipinski definition) is 0.